The van der Waals surface area contributed by atoms with E-state index < -0.39 is 0 Å². The van der Waals surface area contributed by atoms with E-state index in [2.05, 4.69) is 11.5 Å². The van der Waals surface area contributed by atoms with Crippen molar-refractivity contribution in [2.24, 2.45) is 0 Å². The molecule has 2 aliphatic heterocycles. The van der Waals surface area contributed by atoms with Gasteiger partial charge in [0.2, 0.25) is 0 Å². The molecule has 2 heterocycles. The molecular weight excluding hydrogens is 483 g/mol. The first-order valence-electron chi connectivity index (χ1n) is 11.9. The van der Waals surface area contributed by atoms with Gasteiger partial charge in [-0.15, -0.1) is 0 Å². The molecule has 0 saturated carbocycles. The number of rotatable bonds is 8. The first-order valence-corrected chi connectivity index (χ1v) is 12.6. The number of allylic oxidation sites excluding steroid dienone is 3. The van der Waals surface area contributed by atoms with Crippen LogP contribution in [0.4, 0.5) is 0 Å². The monoisotopic (exact) mass is 512 g/mol. The fraction of sp³-hybridized carbons (Fsp3) is 0.321. The Hall–Kier alpha value is -2.73. The number of ether oxygens (including phenoxy) is 2. The molecule has 35 heavy (non-hydrogen) atoms. The number of amides is 1. The normalized spacial score (nSPS) is 17.1. The van der Waals surface area contributed by atoms with Crippen molar-refractivity contribution in [3.63, 3.8) is 0 Å². The maximum absolute atomic E-state index is 13.5. The average molecular weight is 513 g/mol. The van der Waals surface area contributed by atoms with Crippen LogP contribution in [0.5, 0.6) is 5.75 Å². The summed E-state index contributed by atoms with van der Waals surface area (Å²) in [5.41, 5.74) is 3.13. The highest BCUT2D eigenvalue weighted by Crippen LogP contribution is 2.32. The smallest absolute Gasteiger partial charge is 0.262 e. The van der Waals surface area contributed by atoms with Gasteiger partial charge in [-0.1, -0.05) is 54.1 Å². The maximum atomic E-state index is 13.5. The summed E-state index contributed by atoms with van der Waals surface area (Å²) in [6.45, 7) is 10.2. The van der Waals surface area contributed by atoms with Gasteiger partial charge >= 0.3 is 0 Å². The van der Waals surface area contributed by atoms with Gasteiger partial charge in [-0.2, -0.15) is 0 Å². The first kappa shape index (κ1) is 25.4. The van der Waals surface area contributed by atoms with Gasteiger partial charge in [-0.05, 0) is 74.3 Å². The number of hydrogen-bond donors (Lipinski definition) is 0. The summed E-state index contributed by atoms with van der Waals surface area (Å²) >= 11 is 12.5. The average Bonchev–Trinajstić information content (AvgIpc) is 3.33. The molecule has 7 heteroatoms. The van der Waals surface area contributed by atoms with Gasteiger partial charge in [0.25, 0.3) is 5.91 Å². The van der Waals surface area contributed by atoms with E-state index in [4.69, 9.17) is 32.7 Å². The molecule has 1 saturated heterocycles. The molecule has 2 aliphatic rings. The van der Waals surface area contributed by atoms with Gasteiger partial charge in [-0.25, -0.2) is 0 Å². The Morgan fingerprint density at radius 1 is 1.11 bits per heavy atom. The fourth-order valence-corrected chi connectivity index (χ4v) is 4.57. The van der Waals surface area contributed by atoms with Gasteiger partial charge in [0.1, 0.15) is 24.7 Å². The summed E-state index contributed by atoms with van der Waals surface area (Å²) < 4.78 is 11.7. The number of nitrogens with zero attached hydrogens (tertiary/aromatic N) is 2. The second-order valence-corrected chi connectivity index (χ2v) is 9.39. The van der Waals surface area contributed by atoms with Crippen molar-refractivity contribution in [1.29, 1.82) is 0 Å². The molecule has 0 atom stereocenters. The van der Waals surface area contributed by atoms with E-state index in [9.17, 15) is 4.79 Å². The molecule has 2 aromatic carbocycles. The summed E-state index contributed by atoms with van der Waals surface area (Å²) in [5.74, 6) is 0.816. The molecular formula is C28H30Cl2N2O3. The minimum Gasteiger partial charge on any atom is -0.491 e. The lowest BCUT2D eigenvalue weighted by Crippen LogP contribution is -2.31. The van der Waals surface area contributed by atoms with Crippen LogP contribution in [0, 0.1) is 0 Å². The summed E-state index contributed by atoms with van der Waals surface area (Å²) in [6.07, 6.45) is 6.06. The molecule has 0 aliphatic carbocycles. The molecule has 0 N–H and O–H groups in total. The van der Waals surface area contributed by atoms with Crippen molar-refractivity contribution >= 4 is 29.1 Å². The molecule has 4 rings (SSSR count). The Bertz CT molecular complexity index is 1140. The topological polar surface area (TPSA) is 42.0 Å². The lowest BCUT2D eigenvalue weighted by atomic mass is 10.0. The molecule has 5 nitrogen and oxygen atoms in total. The van der Waals surface area contributed by atoms with E-state index >= 15 is 0 Å². The van der Waals surface area contributed by atoms with Crippen LogP contribution in [-0.2, 0) is 4.74 Å². The molecule has 2 aromatic rings. The van der Waals surface area contributed by atoms with Crippen molar-refractivity contribution < 1.29 is 14.3 Å². The summed E-state index contributed by atoms with van der Waals surface area (Å²) in [6, 6.07) is 13.2. The largest absolute Gasteiger partial charge is 0.491 e. The van der Waals surface area contributed by atoms with E-state index in [1.807, 2.05) is 49.4 Å². The van der Waals surface area contributed by atoms with Crippen LogP contribution in [0.1, 0.15) is 30.1 Å². The Balaban J connectivity index is 1.46. The zero-order valence-electron chi connectivity index (χ0n) is 19.9. The maximum Gasteiger partial charge on any atom is 0.262 e. The second-order valence-electron chi connectivity index (χ2n) is 8.55. The van der Waals surface area contributed by atoms with Gasteiger partial charge in [-0.3, -0.25) is 9.69 Å². The third-order valence-electron chi connectivity index (χ3n) is 6.24. The van der Waals surface area contributed by atoms with Gasteiger partial charge in [0.15, 0.2) is 0 Å². The Kier molecular flexibility index (Phi) is 8.55. The molecule has 0 unspecified atom stereocenters. The third kappa shape index (κ3) is 6.29. The molecule has 1 fully saturated rings. The third-order valence-corrected chi connectivity index (χ3v) is 6.81. The number of likely N-dealkylation sites (tertiary alicyclic amines) is 1. The van der Waals surface area contributed by atoms with E-state index in [1.54, 1.807) is 17.0 Å². The van der Waals surface area contributed by atoms with Gasteiger partial charge in [0, 0.05) is 17.3 Å². The van der Waals surface area contributed by atoms with E-state index in [1.165, 1.54) is 12.8 Å². The number of benzene rings is 2. The van der Waals surface area contributed by atoms with Crippen molar-refractivity contribution in [1.82, 2.24) is 9.80 Å². The van der Waals surface area contributed by atoms with Crippen LogP contribution in [0.25, 0.3) is 11.1 Å². The molecule has 0 radical (unpaired) electrons. The number of carbonyl (C=O) groups excluding carboxylic acids is 1. The van der Waals surface area contributed by atoms with Crippen LogP contribution >= 0.6 is 23.2 Å². The summed E-state index contributed by atoms with van der Waals surface area (Å²) in [7, 11) is 0. The Morgan fingerprint density at radius 2 is 1.83 bits per heavy atom. The first-order chi connectivity index (χ1) is 17.0. The van der Waals surface area contributed by atoms with Crippen LogP contribution in [0.2, 0.25) is 5.02 Å². The number of carbonyl (C=O) groups is 1. The molecule has 0 spiro atoms. The van der Waals surface area contributed by atoms with Crippen molar-refractivity contribution in [3.05, 3.63) is 88.3 Å². The van der Waals surface area contributed by atoms with Gasteiger partial charge in [0.05, 0.1) is 17.1 Å². The molecule has 1 amide bonds. The quantitative estimate of drug-likeness (QED) is 0.299. The Labute approximate surface area is 217 Å². The highest BCUT2D eigenvalue weighted by atomic mass is 35.5. The lowest BCUT2D eigenvalue weighted by Gasteiger charge is -2.22. The predicted molar refractivity (Wildman–Crippen MR) is 142 cm³/mol. The van der Waals surface area contributed by atoms with Crippen molar-refractivity contribution in [2.75, 3.05) is 39.4 Å². The summed E-state index contributed by atoms with van der Waals surface area (Å²) in [5, 5.41) is 1.05. The standard InChI is InChI=1S/C28H30Cl2N2O3/c1-3-24(19-26(30)20(2)34-16-14-31-12-4-5-13-31)32-15-17-35-27-18-22(8-11-25(27)28(32)33)21-6-9-23(29)10-7-21/h3,6-11,18-19H,2,4-5,12-17H2,1H3/b24-3+,26-19+. The number of halogens is 2. The number of hydrogen-bond acceptors (Lipinski definition) is 4. The molecule has 184 valence electrons. The van der Waals surface area contributed by atoms with E-state index in [-0.39, 0.29) is 5.91 Å². The zero-order chi connectivity index (χ0) is 24.8. The minimum atomic E-state index is -0.144. The predicted octanol–water partition coefficient (Wildman–Crippen LogP) is 6.49. The van der Waals surface area contributed by atoms with Crippen molar-refractivity contribution in [2.45, 2.75) is 19.8 Å². The highest BCUT2D eigenvalue weighted by molar-refractivity contribution is 6.32. The molecule has 0 aromatic heterocycles. The zero-order valence-corrected chi connectivity index (χ0v) is 21.4. The van der Waals surface area contributed by atoms with Crippen LogP contribution in [0.15, 0.2) is 77.7 Å². The minimum absolute atomic E-state index is 0.144. The van der Waals surface area contributed by atoms with Crippen LogP contribution in [-0.4, -0.2) is 55.1 Å². The lowest BCUT2D eigenvalue weighted by molar-refractivity contribution is 0.0812. The van der Waals surface area contributed by atoms with Crippen molar-refractivity contribution in [3.8, 4) is 16.9 Å². The SMILES string of the molecule is C=C(OCCN1CCCC1)/C(Cl)=C\C(=C/C)N1CCOc2cc(-c3ccc(Cl)cc3)ccc2C1=O. The highest BCUT2D eigenvalue weighted by Gasteiger charge is 2.26. The summed E-state index contributed by atoms with van der Waals surface area (Å²) in [4.78, 5) is 17.5. The van der Waals surface area contributed by atoms with Crippen LogP contribution in [0.3, 0.4) is 0 Å². The fourth-order valence-electron chi connectivity index (χ4n) is 4.28. The second kappa shape index (κ2) is 11.8. The van der Waals surface area contributed by atoms with Crippen LogP contribution < -0.4 is 4.74 Å². The van der Waals surface area contributed by atoms with E-state index in [0.29, 0.717) is 52.6 Å². The van der Waals surface area contributed by atoms with E-state index in [0.717, 1.165) is 30.8 Å². The Morgan fingerprint density at radius 3 is 2.54 bits per heavy atom. The van der Waals surface area contributed by atoms with Gasteiger partial charge < -0.3 is 14.4 Å². The number of fused-ring (bicyclic) bond motifs is 1. The molecule has 0 bridgehead atoms.